The molecule has 0 unspecified atom stereocenters. The number of benzene rings is 2. The fourth-order valence-corrected chi connectivity index (χ4v) is 3.22. The molecule has 0 bridgehead atoms. The fraction of sp³-hybridized carbons (Fsp3) is 0.304. The summed E-state index contributed by atoms with van der Waals surface area (Å²) >= 11 is 0. The molecular formula is C23H26N4O4. The number of amides is 2. The first-order valence-electron chi connectivity index (χ1n) is 10.1. The molecule has 0 radical (unpaired) electrons. The standard InChI is InChI=1S/C23H26N4O4/c1-4-5-13-27-22(29)19-12-7-6-11-18(19)21(25-27)23(30)26(2)15-20(28)24-16-9-8-10-17(14-16)31-3/h6-12,14H,4-5,13,15H2,1-3H3,(H,24,28). The summed E-state index contributed by atoms with van der Waals surface area (Å²) in [4.78, 5) is 39.6. The van der Waals surface area contributed by atoms with Crippen LogP contribution in [0.15, 0.2) is 53.3 Å². The van der Waals surface area contributed by atoms with Gasteiger partial charge in [0.05, 0.1) is 19.0 Å². The van der Waals surface area contributed by atoms with Crippen molar-refractivity contribution in [3.63, 3.8) is 0 Å². The number of nitrogens with zero attached hydrogens (tertiary/aromatic N) is 3. The maximum Gasteiger partial charge on any atom is 0.275 e. The Morgan fingerprint density at radius 3 is 2.58 bits per heavy atom. The highest BCUT2D eigenvalue weighted by Gasteiger charge is 2.21. The molecule has 1 aromatic heterocycles. The summed E-state index contributed by atoms with van der Waals surface area (Å²) in [5.74, 6) is -0.165. The van der Waals surface area contributed by atoms with E-state index in [4.69, 9.17) is 4.74 Å². The van der Waals surface area contributed by atoms with E-state index < -0.39 is 5.91 Å². The SMILES string of the molecule is CCCCn1nc(C(=O)N(C)CC(=O)Nc2cccc(OC)c2)c2ccccc2c1=O. The monoisotopic (exact) mass is 422 g/mol. The summed E-state index contributed by atoms with van der Waals surface area (Å²) in [6, 6.07) is 13.9. The van der Waals surface area contributed by atoms with Gasteiger partial charge in [0.2, 0.25) is 5.91 Å². The van der Waals surface area contributed by atoms with Crippen molar-refractivity contribution < 1.29 is 14.3 Å². The number of likely N-dealkylation sites (N-methyl/N-ethyl adjacent to an activating group) is 1. The van der Waals surface area contributed by atoms with Crippen molar-refractivity contribution >= 4 is 28.3 Å². The molecule has 0 aliphatic heterocycles. The van der Waals surface area contributed by atoms with Gasteiger partial charge in [-0.15, -0.1) is 0 Å². The highest BCUT2D eigenvalue weighted by Crippen LogP contribution is 2.17. The minimum Gasteiger partial charge on any atom is -0.497 e. The number of aryl methyl sites for hydroxylation is 1. The van der Waals surface area contributed by atoms with E-state index in [1.54, 1.807) is 55.6 Å². The van der Waals surface area contributed by atoms with Crippen LogP contribution in [0, 0.1) is 0 Å². The summed E-state index contributed by atoms with van der Waals surface area (Å²) < 4.78 is 6.49. The lowest BCUT2D eigenvalue weighted by Gasteiger charge is -2.18. The molecule has 8 heteroatoms. The molecule has 31 heavy (non-hydrogen) atoms. The quantitative estimate of drug-likeness (QED) is 0.602. The summed E-state index contributed by atoms with van der Waals surface area (Å²) in [6.45, 7) is 2.29. The van der Waals surface area contributed by atoms with Crippen molar-refractivity contribution in [3.8, 4) is 5.75 Å². The third-order valence-electron chi connectivity index (χ3n) is 4.87. The number of ether oxygens (including phenoxy) is 1. The maximum absolute atomic E-state index is 13.1. The van der Waals surface area contributed by atoms with Crippen LogP contribution in [-0.4, -0.2) is 47.2 Å². The molecule has 0 saturated carbocycles. The Morgan fingerprint density at radius 2 is 1.87 bits per heavy atom. The molecule has 3 rings (SSSR count). The number of hydrogen-bond donors (Lipinski definition) is 1. The molecule has 2 amide bonds. The Bertz CT molecular complexity index is 1160. The van der Waals surface area contributed by atoms with Crippen molar-refractivity contribution in [2.75, 3.05) is 26.0 Å². The molecule has 3 aromatic rings. The van der Waals surface area contributed by atoms with Crippen molar-refractivity contribution in [3.05, 3.63) is 64.6 Å². The van der Waals surface area contributed by atoms with Crippen molar-refractivity contribution in [2.45, 2.75) is 26.3 Å². The summed E-state index contributed by atoms with van der Waals surface area (Å²) in [5, 5.41) is 8.00. The molecular weight excluding hydrogens is 396 g/mol. The van der Waals surface area contributed by atoms with Gasteiger partial charge in [0.1, 0.15) is 5.75 Å². The van der Waals surface area contributed by atoms with E-state index in [1.807, 2.05) is 6.92 Å². The molecule has 0 aliphatic rings. The van der Waals surface area contributed by atoms with Crippen LogP contribution < -0.4 is 15.6 Å². The average molecular weight is 422 g/mol. The average Bonchev–Trinajstić information content (AvgIpc) is 2.78. The largest absolute Gasteiger partial charge is 0.497 e. The molecule has 1 N–H and O–H groups in total. The third-order valence-corrected chi connectivity index (χ3v) is 4.87. The van der Waals surface area contributed by atoms with Gasteiger partial charge in [0.15, 0.2) is 5.69 Å². The Balaban J connectivity index is 1.83. The Hall–Kier alpha value is -3.68. The van der Waals surface area contributed by atoms with Gasteiger partial charge in [-0.1, -0.05) is 37.6 Å². The second kappa shape index (κ2) is 9.88. The number of nitrogens with one attached hydrogen (secondary N) is 1. The normalized spacial score (nSPS) is 10.7. The summed E-state index contributed by atoms with van der Waals surface area (Å²) in [7, 11) is 3.08. The van der Waals surface area contributed by atoms with E-state index in [9.17, 15) is 14.4 Å². The zero-order valence-electron chi connectivity index (χ0n) is 17.9. The summed E-state index contributed by atoms with van der Waals surface area (Å²) in [6.07, 6.45) is 1.67. The van der Waals surface area contributed by atoms with E-state index in [2.05, 4.69) is 10.4 Å². The number of carbonyl (C=O) groups is 2. The van der Waals surface area contributed by atoms with Crippen LogP contribution in [0.1, 0.15) is 30.3 Å². The van der Waals surface area contributed by atoms with Crippen LogP contribution >= 0.6 is 0 Å². The van der Waals surface area contributed by atoms with Gasteiger partial charge in [-0.05, 0) is 24.6 Å². The second-order valence-corrected chi connectivity index (χ2v) is 7.22. The number of hydrogen-bond acceptors (Lipinski definition) is 5. The van der Waals surface area contributed by atoms with E-state index in [1.165, 1.54) is 16.6 Å². The van der Waals surface area contributed by atoms with Crippen LogP contribution in [-0.2, 0) is 11.3 Å². The predicted molar refractivity (Wildman–Crippen MR) is 119 cm³/mol. The zero-order valence-corrected chi connectivity index (χ0v) is 17.9. The van der Waals surface area contributed by atoms with Gasteiger partial charge < -0.3 is 15.0 Å². The van der Waals surface area contributed by atoms with Crippen LogP contribution in [0.3, 0.4) is 0 Å². The van der Waals surface area contributed by atoms with Gasteiger partial charge >= 0.3 is 0 Å². The van der Waals surface area contributed by atoms with Gasteiger partial charge in [-0.3, -0.25) is 14.4 Å². The molecule has 0 atom stereocenters. The van der Waals surface area contributed by atoms with Crippen LogP contribution in [0.2, 0.25) is 0 Å². The summed E-state index contributed by atoms with van der Waals surface area (Å²) in [5.41, 5.74) is 0.504. The van der Waals surface area contributed by atoms with Gasteiger partial charge in [0.25, 0.3) is 11.5 Å². The Labute approximate surface area is 180 Å². The maximum atomic E-state index is 13.1. The zero-order chi connectivity index (χ0) is 22.4. The van der Waals surface area contributed by atoms with Gasteiger partial charge in [-0.25, -0.2) is 4.68 Å². The number of fused-ring (bicyclic) bond motifs is 1. The van der Waals surface area contributed by atoms with E-state index in [0.29, 0.717) is 28.8 Å². The lowest BCUT2D eigenvalue weighted by molar-refractivity contribution is -0.116. The third kappa shape index (κ3) is 5.09. The molecule has 1 heterocycles. The number of methoxy groups -OCH3 is 1. The molecule has 0 aliphatic carbocycles. The molecule has 0 saturated heterocycles. The van der Waals surface area contributed by atoms with Crippen molar-refractivity contribution in [1.82, 2.24) is 14.7 Å². The molecule has 8 nitrogen and oxygen atoms in total. The topological polar surface area (TPSA) is 93.5 Å². The number of anilines is 1. The minimum absolute atomic E-state index is 0.156. The number of unbranched alkanes of at least 4 members (excludes halogenated alkanes) is 1. The highest BCUT2D eigenvalue weighted by atomic mass is 16.5. The Kier molecular flexibility index (Phi) is 7.02. The smallest absolute Gasteiger partial charge is 0.275 e. The molecule has 0 fully saturated rings. The highest BCUT2D eigenvalue weighted by molar-refractivity contribution is 6.06. The van der Waals surface area contributed by atoms with Crippen LogP contribution in [0.25, 0.3) is 10.8 Å². The number of rotatable bonds is 8. The first-order chi connectivity index (χ1) is 14.9. The lowest BCUT2D eigenvalue weighted by Crippen LogP contribution is -2.37. The van der Waals surface area contributed by atoms with Gasteiger partial charge in [0, 0.05) is 30.7 Å². The van der Waals surface area contributed by atoms with Crippen molar-refractivity contribution in [2.24, 2.45) is 0 Å². The van der Waals surface area contributed by atoms with Crippen LogP contribution in [0.5, 0.6) is 5.75 Å². The lowest BCUT2D eigenvalue weighted by atomic mass is 10.1. The minimum atomic E-state index is -0.428. The first kappa shape index (κ1) is 22.0. The number of aromatic nitrogens is 2. The van der Waals surface area contributed by atoms with E-state index >= 15 is 0 Å². The predicted octanol–water partition coefficient (Wildman–Crippen LogP) is 2.92. The number of carbonyl (C=O) groups excluding carboxylic acids is 2. The first-order valence-corrected chi connectivity index (χ1v) is 10.1. The van der Waals surface area contributed by atoms with Gasteiger partial charge in [-0.2, -0.15) is 5.10 Å². The van der Waals surface area contributed by atoms with Crippen molar-refractivity contribution in [1.29, 1.82) is 0 Å². The van der Waals surface area contributed by atoms with E-state index in [0.717, 1.165) is 12.8 Å². The molecule has 0 spiro atoms. The fourth-order valence-electron chi connectivity index (χ4n) is 3.22. The Morgan fingerprint density at radius 1 is 1.13 bits per heavy atom. The second-order valence-electron chi connectivity index (χ2n) is 7.22. The molecule has 2 aromatic carbocycles. The van der Waals surface area contributed by atoms with E-state index in [-0.39, 0.29) is 23.7 Å². The molecule has 162 valence electrons. The van der Waals surface area contributed by atoms with Crippen LogP contribution in [0.4, 0.5) is 5.69 Å².